The lowest BCUT2D eigenvalue weighted by atomic mass is 10.0. The van der Waals surface area contributed by atoms with Crippen molar-refractivity contribution in [2.75, 3.05) is 45.9 Å². The molecule has 2 rings (SSSR count). The number of hydrogen-bond donors (Lipinski definition) is 2. The minimum absolute atomic E-state index is 0.0638. The minimum Gasteiger partial charge on any atom is -0.362 e. The van der Waals surface area contributed by atoms with Crippen LogP contribution in [0, 0.1) is 0 Å². The van der Waals surface area contributed by atoms with E-state index in [9.17, 15) is 14.4 Å². The van der Waals surface area contributed by atoms with Crippen LogP contribution in [0.1, 0.15) is 13.8 Å². The molecule has 0 saturated carbocycles. The maximum atomic E-state index is 12.3. The van der Waals surface area contributed by atoms with E-state index in [2.05, 4.69) is 10.6 Å². The second-order valence-corrected chi connectivity index (χ2v) is 5.49. The Labute approximate surface area is 123 Å². The van der Waals surface area contributed by atoms with Crippen molar-refractivity contribution in [3.05, 3.63) is 0 Å². The molecule has 0 bridgehead atoms. The molecule has 2 fully saturated rings. The number of carbonyl (C=O) groups is 3. The van der Waals surface area contributed by atoms with Crippen LogP contribution in [-0.2, 0) is 14.3 Å². The third kappa shape index (κ3) is 3.63. The smallest absolute Gasteiger partial charge is 0.317 e. The van der Waals surface area contributed by atoms with Gasteiger partial charge in [0.2, 0.25) is 5.91 Å². The summed E-state index contributed by atoms with van der Waals surface area (Å²) in [7, 11) is 0. The molecule has 2 N–H and O–H groups in total. The largest absolute Gasteiger partial charge is 0.362 e. The highest BCUT2D eigenvalue weighted by molar-refractivity contribution is 5.86. The molecule has 118 valence electrons. The first kappa shape index (κ1) is 15.6. The molecule has 0 aromatic rings. The summed E-state index contributed by atoms with van der Waals surface area (Å²) in [5.74, 6) is -0.320. The quantitative estimate of drug-likeness (QED) is 0.679. The van der Waals surface area contributed by atoms with Crippen molar-refractivity contribution in [2.24, 2.45) is 0 Å². The first-order chi connectivity index (χ1) is 9.92. The summed E-state index contributed by atoms with van der Waals surface area (Å²) >= 11 is 0. The van der Waals surface area contributed by atoms with E-state index < -0.39 is 5.60 Å². The van der Waals surface area contributed by atoms with Crippen LogP contribution < -0.4 is 10.6 Å². The second kappa shape index (κ2) is 6.30. The number of nitrogens with zero attached hydrogens (tertiary/aromatic N) is 2. The molecule has 0 aromatic carbocycles. The van der Waals surface area contributed by atoms with Gasteiger partial charge in [0.15, 0.2) is 5.60 Å². The molecule has 8 nitrogen and oxygen atoms in total. The molecule has 0 aromatic heterocycles. The standard InChI is InChI=1S/C13H22N4O4/c1-10(18)17-7-8-21-13(2,9-17)11(19)14-3-5-16-6-4-15-12(16)20/h3-9H2,1-2H3,(H,14,19)(H,15,20)/t13-/m1/s1. The monoisotopic (exact) mass is 298 g/mol. The maximum Gasteiger partial charge on any atom is 0.317 e. The van der Waals surface area contributed by atoms with Crippen molar-refractivity contribution >= 4 is 17.8 Å². The van der Waals surface area contributed by atoms with Crippen LogP contribution in [0.25, 0.3) is 0 Å². The van der Waals surface area contributed by atoms with E-state index in [1.54, 1.807) is 16.7 Å². The van der Waals surface area contributed by atoms with E-state index in [-0.39, 0.29) is 24.4 Å². The molecule has 4 amide bonds. The molecule has 0 unspecified atom stereocenters. The first-order valence-electron chi connectivity index (χ1n) is 7.13. The Morgan fingerprint density at radius 3 is 2.81 bits per heavy atom. The van der Waals surface area contributed by atoms with Crippen molar-refractivity contribution in [1.82, 2.24) is 20.4 Å². The van der Waals surface area contributed by atoms with Crippen LogP contribution in [0.4, 0.5) is 4.79 Å². The van der Waals surface area contributed by atoms with E-state index in [0.29, 0.717) is 39.3 Å². The molecule has 8 heteroatoms. The predicted molar refractivity (Wildman–Crippen MR) is 74.6 cm³/mol. The Balaban J connectivity index is 1.81. The summed E-state index contributed by atoms with van der Waals surface area (Å²) in [4.78, 5) is 38.3. The lowest BCUT2D eigenvalue weighted by Crippen LogP contribution is -2.59. The van der Waals surface area contributed by atoms with E-state index in [1.807, 2.05) is 0 Å². The van der Waals surface area contributed by atoms with Gasteiger partial charge in [0, 0.05) is 39.6 Å². The van der Waals surface area contributed by atoms with E-state index in [0.717, 1.165) is 0 Å². The summed E-state index contributed by atoms with van der Waals surface area (Å²) in [5, 5.41) is 5.48. The highest BCUT2D eigenvalue weighted by Gasteiger charge is 2.39. The van der Waals surface area contributed by atoms with Gasteiger partial charge in [-0.05, 0) is 6.92 Å². The third-order valence-corrected chi connectivity index (χ3v) is 3.81. The van der Waals surface area contributed by atoms with Crippen molar-refractivity contribution < 1.29 is 19.1 Å². The lowest BCUT2D eigenvalue weighted by Gasteiger charge is -2.38. The Bertz CT molecular complexity index is 442. The number of morpholine rings is 1. The molecule has 0 radical (unpaired) electrons. The third-order valence-electron chi connectivity index (χ3n) is 3.81. The normalized spacial score (nSPS) is 25.7. The summed E-state index contributed by atoms with van der Waals surface area (Å²) < 4.78 is 5.55. The van der Waals surface area contributed by atoms with Crippen LogP contribution in [0.15, 0.2) is 0 Å². The Hall–Kier alpha value is -1.83. The molecule has 0 spiro atoms. The van der Waals surface area contributed by atoms with E-state index in [4.69, 9.17) is 4.74 Å². The minimum atomic E-state index is -1.03. The Kier molecular flexibility index (Phi) is 4.66. The van der Waals surface area contributed by atoms with Gasteiger partial charge < -0.3 is 25.2 Å². The van der Waals surface area contributed by atoms with Gasteiger partial charge in [-0.3, -0.25) is 9.59 Å². The van der Waals surface area contributed by atoms with E-state index in [1.165, 1.54) is 6.92 Å². The molecule has 2 heterocycles. The average Bonchev–Trinajstić information content (AvgIpc) is 2.84. The number of nitrogens with one attached hydrogen (secondary N) is 2. The highest BCUT2D eigenvalue weighted by Crippen LogP contribution is 2.18. The second-order valence-electron chi connectivity index (χ2n) is 5.49. The number of urea groups is 1. The van der Waals surface area contributed by atoms with Crippen molar-refractivity contribution in [3.63, 3.8) is 0 Å². The average molecular weight is 298 g/mol. The molecule has 1 atom stereocenters. The molecule has 2 aliphatic heterocycles. The SMILES string of the molecule is CC(=O)N1CCO[C@@](C)(C(=O)NCCN2CCNC2=O)C1. The fourth-order valence-electron chi connectivity index (χ4n) is 2.49. The summed E-state index contributed by atoms with van der Waals surface area (Å²) in [6, 6.07) is -0.105. The zero-order valence-electron chi connectivity index (χ0n) is 12.5. The molecule has 2 aliphatic rings. The van der Waals surface area contributed by atoms with Crippen molar-refractivity contribution in [2.45, 2.75) is 19.4 Å². The molecule has 21 heavy (non-hydrogen) atoms. The van der Waals surface area contributed by atoms with E-state index >= 15 is 0 Å². The van der Waals surface area contributed by atoms with Gasteiger partial charge in [-0.1, -0.05) is 0 Å². The van der Waals surface area contributed by atoms with Gasteiger partial charge in [0.25, 0.3) is 5.91 Å². The molecular weight excluding hydrogens is 276 g/mol. The zero-order valence-corrected chi connectivity index (χ0v) is 12.5. The maximum absolute atomic E-state index is 12.3. The van der Waals surface area contributed by atoms with Crippen LogP contribution in [0.5, 0.6) is 0 Å². The number of hydrogen-bond acceptors (Lipinski definition) is 4. The zero-order chi connectivity index (χ0) is 15.5. The Morgan fingerprint density at radius 2 is 2.19 bits per heavy atom. The summed E-state index contributed by atoms with van der Waals surface area (Å²) in [5.41, 5.74) is -1.03. The highest BCUT2D eigenvalue weighted by atomic mass is 16.5. The molecule has 0 aliphatic carbocycles. The number of rotatable bonds is 4. The first-order valence-corrected chi connectivity index (χ1v) is 7.13. The number of amides is 4. The molecule has 2 saturated heterocycles. The fraction of sp³-hybridized carbons (Fsp3) is 0.769. The van der Waals surface area contributed by atoms with Crippen molar-refractivity contribution in [1.29, 1.82) is 0 Å². The number of ether oxygens (including phenoxy) is 1. The van der Waals surface area contributed by atoms with Gasteiger partial charge in [0.1, 0.15) is 0 Å². The van der Waals surface area contributed by atoms with Crippen LogP contribution in [-0.4, -0.2) is 79.1 Å². The lowest BCUT2D eigenvalue weighted by molar-refractivity contribution is -0.162. The van der Waals surface area contributed by atoms with Gasteiger partial charge in [-0.2, -0.15) is 0 Å². The van der Waals surface area contributed by atoms with Gasteiger partial charge >= 0.3 is 6.03 Å². The van der Waals surface area contributed by atoms with Crippen LogP contribution in [0.2, 0.25) is 0 Å². The predicted octanol–water partition coefficient (Wildman–Crippen LogP) is -1.23. The van der Waals surface area contributed by atoms with Gasteiger partial charge in [-0.15, -0.1) is 0 Å². The topological polar surface area (TPSA) is 91.0 Å². The molecular formula is C13H22N4O4. The Morgan fingerprint density at radius 1 is 1.43 bits per heavy atom. The number of carbonyl (C=O) groups excluding carboxylic acids is 3. The summed E-state index contributed by atoms with van der Waals surface area (Å²) in [6.45, 7) is 6.38. The summed E-state index contributed by atoms with van der Waals surface area (Å²) in [6.07, 6.45) is 0. The van der Waals surface area contributed by atoms with Crippen LogP contribution in [0.3, 0.4) is 0 Å². The van der Waals surface area contributed by atoms with Gasteiger partial charge in [-0.25, -0.2) is 4.79 Å². The van der Waals surface area contributed by atoms with Gasteiger partial charge in [0.05, 0.1) is 13.2 Å². The van der Waals surface area contributed by atoms with Crippen LogP contribution >= 0.6 is 0 Å². The van der Waals surface area contributed by atoms with Crippen molar-refractivity contribution in [3.8, 4) is 0 Å². The fourth-order valence-corrected chi connectivity index (χ4v) is 2.49.